The lowest BCUT2D eigenvalue weighted by molar-refractivity contribution is 0.184. The Kier molecular flexibility index (Phi) is 4.93. The fraction of sp³-hybridized carbons (Fsp3) is 0.200. The molecule has 1 N–H and O–H groups in total. The third-order valence-electron chi connectivity index (χ3n) is 2.82. The average Bonchev–Trinajstić information content (AvgIpc) is 2.42. The monoisotopic (exact) mass is 323 g/mol. The quantitative estimate of drug-likeness (QED) is 0.883. The van der Waals surface area contributed by atoms with Crippen molar-refractivity contribution in [2.75, 3.05) is 12.4 Å². The van der Waals surface area contributed by atoms with Crippen LogP contribution in [-0.4, -0.2) is 7.11 Å². The van der Waals surface area contributed by atoms with Gasteiger partial charge in [0.1, 0.15) is 5.82 Å². The summed E-state index contributed by atoms with van der Waals surface area (Å²) < 4.78 is 19.2. The van der Waals surface area contributed by atoms with E-state index in [4.69, 9.17) is 4.74 Å². The largest absolute Gasteiger partial charge is 0.380 e. The molecule has 0 saturated heterocycles. The summed E-state index contributed by atoms with van der Waals surface area (Å²) in [4.78, 5) is 0. The van der Waals surface area contributed by atoms with Crippen LogP contribution < -0.4 is 5.32 Å². The van der Waals surface area contributed by atoms with Crippen molar-refractivity contribution < 1.29 is 9.13 Å². The number of hydrogen-bond acceptors (Lipinski definition) is 2. The summed E-state index contributed by atoms with van der Waals surface area (Å²) >= 11 is 3.40. The summed E-state index contributed by atoms with van der Waals surface area (Å²) in [5, 5.41) is 3.23. The zero-order chi connectivity index (χ0) is 13.7. The lowest BCUT2D eigenvalue weighted by Crippen LogP contribution is -2.04. The highest BCUT2D eigenvalue weighted by molar-refractivity contribution is 9.10. The van der Waals surface area contributed by atoms with Crippen LogP contribution in [0.2, 0.25) is 0 Å². The summed E-state index contributed by atoms with van der Waals surface area (Å²) in [6.45, 7) is 1.20. The topological polar surface area (TPSA) is 21.3 Å². The molecular formula is C15H15BrFNO. The summed E-state index contributed by atoms with van der Waals surface area (Å²) in [7, 11) is 1.67. The number of halogens is 2. The minimum Gasteiger partial charge on any atom is -0.380 e. The summed E-state index contributed by atoms with van der Waals surface area (Å²) in [5.41, 5.74) is 3.01. The van der Waals surface area contributed by atoms with Gasteiger partial charge >= 0.3 is 0 Å². The first-order valence-electron chi connectivity index (χ1n) is 5.95. The maximum Gasteiger partial charge on any atom is 0.125 e. The molecule has 100 valence electrons. The van der Waals surface area contributed by atoms with Gasteiger partial charge in [-0.15, -0.1) is 0 Å². The standard InChI is InChI=1S/C15H15BrFNO/c1-19-10-12-5-3-2-4-11(12)9-18-15-8-13(17)6-7-14(15)16/h2-8,18H,9-10H2,1H3. The molecule has 0 fully saturated rings. The van der Waals surface area contributed by atoms with Gasteiger partial charge in [0.05, 0.1) is 12.3 Å². The van der Waals surface area contributed by atoms with Crippen LogP contribution in [-0.2, 0) is 17.9 Å². The normalized spacial score (nSPS) is 10.5. The molecule has 0 spiro atoms. The second-order valence-corrected chi connectivity index (χ2v) is 5.03. The zero-order valence-corrected chi connectivity index (χ0v) is 12.2. The van der Waals surface area contributed by atoms with E-state index in [1.54, 1.807) is 13.2 Å². The van der Waals surface area contributed by atoms with Gasteiger partial charge in [-0.1, -0.05) is 24.3 Å². The predicted octanol–water partition coefficient (Wildman–Crippen LogP) is 4.35. The van der Waals surface area contributed by atoms with Crippen molar-refractivity contribution in [3.05, 3.63) is 63.9 Å². The Morgan fingerprint density at radius 3 is 2.63 bits per heavy atom. The van der Waals surface area contributed by atoms with Gasteiger partial charge in [-0.05, 0) is 45.3 Å². The molecule has 0 aliphatic heterocycles. The van der Waals surface area contributed by atoms with Crippen LogP contribution in [0.5, 0.6) is 0 Å². The van der Waals surface area contributed by atoms with E-state index in [1.165, 1.54) is 12.1 Å². The number of rotatable bonds is 5. The smallest absolute Gasteiger partial charge is 0.125 e. The van der Waals surface area contributed by atoms with E-state index in [2.05, 4.69) is 21.2 Å². The molecule has 2 nitrogen and oxygen atoms in total. The molecule has 2 aromatic rings. The van der Waals surface area contributed by atoms with Crippen molar-refractivity contribution in [3.63, 3.8) is 0 Å². The second kappa shape index (κ2) is 6.68. The molecule has 0 aliphatic rings. The molecule has 0 atom stereocenters. The van der Waals surface area contributed by atoms with Crippen LogP contribution in [0.25, 0.3) is 0 Å². The van der Waals surface area contributed by atoms with Gasteiger partial charge in [0, 0.05) is 18.1 Å². The Morgan fingerprint density at radius 1 is 1.16 bits per heavy atom. The molecule has 0 heterocycles. The predicted molar refractivity (Wildman–Crippen MR) is 78.6 cm³/mol. The first kappa shape index (κ1) is 14.0. The minimum atomic E-state index is -0.254. The van der Waals surface area contributed by atoms with Gasteiger partial charge in [0.2, 0.25) is 0 Å². The molecule has 0 amide bonds. The second-order valence-electron chi connectivity index (χ2n) is 4.18. The number of hydrogen-bond donors (Lipinski definition) is 1. The van der Waals surface area contributed by atoms with E-state index < -0.39 is 0 Å². The van der Waals surface area contributed by atoms with Crippen LogP contribution in [0.3, 0.4) is 0 Å². The van der Waals surface area contributed by atoms with Crippen LogP contribution in [0, 0.1) is 5.82 Å². The van der Waals surface area contributed by atoms with Crippen molar-refractivity contribution in [2.45, 2.75) is 13.2 Å². The maximum absolute atomic E-state index is 13.2. The average molecular weight is 324 g/mol. The highest BCUT2D eigenvalue weighted by Gasteiger charge is 2.04. The summed E-state index contributed by atoms with van der Waals surface area (Å²) in [5.74, 6) is -0.254. The molecular weight excluding hydrogens is 309 g/mol. The van der Waals surface area contributed by atoms with Crippen molar-refractivity contribution in [1.82, 2.24) is 0 Å². The Morgan fingerprint density at radius 2 is 1.89 bits per heavy atom. The Labute approximate surface area is 120 Å². The fourth-order valence-electron chi connectivity index (χ4n) is 1.85. The lowest BCUT2D eigenvalue weighted by atomic mass is 10.1. The molecule has 2 rings (SSSR count). The molecule has 19 heavy (non-hydrogen) atoms. The molecule has 2 aromatic carbocycles. The van der Waals surface area contributed by atoms with Crippen LogP contribution in [0.15, 0.2) is 46.9 Å². The van der Waals surface area contributed by atoms with Crippen LogP contribution in [0.1, 0.15) is 11.1 Å². The molecule has 0 aliphatic carbocycles. The highest BCUT2D eigenvalue weighted by Crippen LogP contribution is 2.24. The van der Waals surface area contributed by atoms with Gasteiger partial charge < -0.3 is 10.1 Å². The maximum atomic E-state index is 13.2. The molecule has 4 heteroatoms. The van der Waals surface area contributed by atoms with E-state index in [9.17, 15) is 4.39 Å². The highest BCUT2D eigenvalue weighted by atomic mass is 79.9. The van der Waals surface area contributed by atoms with E-state index in [0.717, 1.165) is 21.3 Å². The lowest BCUT2D eigenvalue weighted by Gasteiger charge is -2.12. The molecule has 0 bridgehead atoms. The van der Waals surface area contributed by atoms with Gasteiger partial charge in [-0.2, -0.15) is 0 Å². The van der Waals surface area contributed by atoms with Gasteiger partial charge in [-0.3, -0.25) is 0 Å². The van der Waals surface area contributed by atoms with E-state index >= 15 is 0 Å². The summed E-state index contributed by atoms with van der Waals surface area (Å²) in [6.07, 6.45) is 0. The van der Waals surface area contributed by atoms with E-state index in [-0.39, 0.29) is 5.82 Å². The first-order valence-corrected chi connectivity index (χ1v) is 6.74. The van der Waals surface area contributed by atoms with Crippen molar-refractivity contribution in [3.8, 4) is 0 Å². The Hall–Kier alpha value is -1.39. The van der Waals surface area contributed by atoms with Gasteiger partial charge in [0.25, 0.3) is 0 Å². The molecule has 0 saturated carbocycles. The first-order chi connectivity index (χ1) is 9.20. The minimum absolute atomic E-state index is 0.254. The van der Waals surface area contributed by atoms with Crippen molar-refractivity contribution >= 4 is 21.6 Å². The molecule has 0 radical (unpaired) electrons. The SMILES string of the molecule is COCc1ccccc1CNc1cc(F)ccc1Br. The Bertz CT molecular complexity index is 560. The van der Waals surface area contributed by atoms with E-state index in [1.807, 2.05) is 24.3 Å². The van der Waals surface area contributed by atoms with Crippen LogP contribution >= 0.6 is 15.9 Å². The zero-order valence-electron chi connectivity index (χ0n) is 10.6. The number of ether oxygens (including phenoxy) is 1. The van der Waals surface area contributed by atoms with Gasteiger partial charge in [-0.25, -0.2) is 4.39 Å². The number of nitrogens with one attached hydrogen (secondary N) is 1. The fourth-order valence-corrected chi connectivity index (χ4v) is 2.24. The molecule has 0 aromatic heterocycles. The third kappa shape index (κ3) is 3.78. The number of benzene rings is 2. The third-order valence-corrected chi connectivity index (χ3v) is 3.51. The summed E-state index contributed by atoms with van der Waals surface area (Å²) in [6, 6.07) is 12.6. The number of methoxy groups -OCH3 is 1. The number of anilines is 1. The van der Waals surface area contributed by atoms with Crippen molar-refractivity contribution in [2.24, 2.45) is 0 Å². The molecule has 0 unspecified atom stereocenters. The van der Waals surface area contributed by atoms with Crippen LogP contribution in [0.4, 0.5) is 10.1 Å². The van der Waals surface area contributed by atoms with E-state index in [0.29, 0.717) is 13.2 Å². The Balaban J connectivity index is 2.12. The van der Waals surface area contributed by atoms with Crippen molar-refractivity contribution in [1.29, 1.82) is 0 Å². The van der Waals surface area contributed by atoms with Gasteiger partial charge in [0.15, 0.2) is 0 Å².